The fourth-order valence-corrected chi connectivity index (χ4v) is 10.8. The highest BCUT2D eigenvalue weighted by molar-refractivity contribution is 6.22. The molecular formula is C56H39N9. The molecule has 3 N–H and O–H groups in total. The molecule has 9 heteroatoms. The summed E-state index contributed by atoms with van der Waals surface area (Å²) in [6.45, 7) is 0. The standard InChI is InChI=1S/C56H39N9/c1-4-17-41-34(12-1)24-25-46(64-41)52-50(37-15-9-21-44-39(37)32-35-13-2-5-18-42(35)62-44)51(38-16-10-22-45-40(38)33-36-14-3-6-19-43(36)63-45)54(48-26-29-61-65-48)56(49-23-11-28-58-49,55-59-30-31-60-55)53(52)47-20-7-8-27-57-47/h1-15,17-33,38,54,58H,16H2,(H,59,60)(H,61,65). The lowest BCUT2D eigenvalue weighted by atomic mass is 9.53. The van der Waals surface area contributed by atoms with E-state index >= 15 is 0 Å². The van der Waals surface area contributed by atoms with Crippen LogP contribution < -0.4 is 0 Å². The Morgan fingerprint density at radius 2 is 1.34 bits per heavy atom. The van der Waals surface area contributed by atoms with Gasteiger partial charge in [0.1, 0.15) is 11.2 Å². The molecule has 11 aromatic rings. The molecule has 0 amide bonds. The van der Waals surface area contributed by atoms with Crippen molar-refractivity contribution in [3.8, 4) is 0 Å². The molecule has 0 spiro atoms. The molecule has 0 aliphatic heterocycles. The Kier molecular flexibility index (Phi) is 8.42. The number of pyridine rings is 4. The molecule has 3 unspecified atom stereocenters. The fourth-order valence-electron chi connectivity index (χ4n) is 10.8. The van der Waals surface area contributed by atoms with Crippen molar-refractivity contribution in [3.05, 3.63) is 240 Å². The lowest BCUT2D eigenvalue weighted by Gasteiger charge is -2.49. The maximum Gasteiger partial charge on any atom is 0.123 e. The molecule has 0 bridgehead atoms. The third-order valence-electron chi connectivity index (χ3n) is 13.4. The van der Waals surface area contributed by atoms with Crippen molar-refractivity contribution < 1.29 is 0 Å². The molecule has 65 heavy (non-hydrogen) atoms. The normalized spacial score (nSPS) is 18.6. The second-order valence-electron chi connectivity index (χ2n) is 16.9. The van der Waals surface area contributed by atoms with Crippen LogP contribution in [0.1, 0.15) is 63.7 Å². The summed E-state index contributed by atoms with van der Waals surface area (Å²) in [5, 5.41) is 12.5. The lowest BCUT2D eigenvalue weighted by molar-refractivity contribution is 0.488. The Hall–Kier alpha value is -8.56. The first-order valence-corrected chi connectivity index (χ1v) is 22.0. The van der Waals surface area contributed by atoms with Crippen molar-refractivity contribution in [2.75, 3.05) is 0 Å². The van der Waals surface area contributed by atoms with E-state index in [0.29, 0.717) is 0 Å². The van der Waals surface area contributed by atoms with Crippen molar-refractivity contribution in [1.29, 1.82) is 0 Å². The average Bonchev–Trinajstić information content (AvgIpc) is 4.21. The van der Waals surface area contributed by atoms with Crippen LogP contribution in [0, 0.1) is 0 Å². The van der Waals surface area contributed by atoms with Gasteiger partial charge in [0.2, 0.25) is 0 Å². The van der Waals surface area contributed by atoms with Crippen LogP contribution >= 0.6 is 0 Å². The van der Waals surface area contributed by atoms with Gasteiger partial charge in [-0.25, -0.2) is 19.9 Å². The topological polar surface area (TPSA) is 125 Å². The van der Waals surface area contributed by atoms with Crippen LogP contribution in [0.4, 0.5) is 0 Å². The SMILES string of the molecule is C1=Cc2nc3ccccc3cc2C(C2=C(c3cccc4nc5ccccc5cc34)C(c3ccc4ccccc4n3)=C(c3ccccn3)C(c3ccc[nH]3)(c3ncc[nH]3)C2c2ccn[nH]2)C1. The van der Waals surface area contributed by atoms with Crippen LogP contribution in [-0.2, 0) is 5.41 Å². The van der Waals surface area contributed by atoms with E-state index in [2.05, 4.69) is 167 Å². The fraction of sp³-hybridized carbons (Fsp3) is 0.0714. The summed E-state index contributed by atoms with van der Waals surface area (Å²) >= 11 is 0. The molecule has 0 fully saturated rings. The number of fused-ring (bicyclic) bond motifs is 5. The molecule has 0 radical (unpaired) electrons. The smallest absolute Gasteiger partial charge is 0.123 e. The predicted octanol–water partition coefficient (Wildman–Crippen LogP) is 12.0. The van der Waals surface area contributed by atoms with E-state index in [1.165, 1.54) is 5.57 Å². The Morgan fingerprint density at radius 1 is 0.554 bits per heavy atom. The number of H-pyrrole nitrogens is 3. The van der Waals surface area contributed by atoms with Gasteiger partial charge < -0.3 is 9.97 Å². The van der Waals surface area contributed by atoms with Crippen molar-refractivity contribution in [3.63, 3.8) is 0 Å². The van der Waals surface area contributed by atoms with E-state index in [1.807, 2.05) is 43.1 Å². The van der Waals surface area contributed by atoms with Gasteiger partial charge in [-0.3, -0.25) is 10.1 Å². The molecular weight excluding hydrogens is 799 g/mol. The Bertz CT molecular complexity index is 3660. The lowest BCUT2D eigenvalue weighted by Crippen LogP contribution is -2.43. The monoisotopic (exact) mass is 837 g/mol. The van der Waals surface area contributed by atoms with Crippen molar-refractivity contribution >= 4 is 66.4 Å². The zero-order valence-corrected chi connectivity index (χ0v) is 35.0. The van der Waals surface area contributed by atoms with Crippen LogP contribution in [0.3, 0.4) is 0 Å². The van der Waals surface area contributed by atoms with E-state index in [-0.39, 0.29) is 5.92 Å². The van der Waals surface area contributed by atoms with Crippen LogP contribution in [0.25, 0.3) is 66.4 Å². The summed E-state index contributed by atoms with van der Waals surface area (Å²) < 4.78 is 0. The van der Waals surface area contributed by atoms with E-state index in [0.717, 1.165) is 112 Å². The molecule has 2 aliphatic rings. The minimum atomic E-state index is -1.07. The highest BCUT2D eigenvalue weighted by Crippen LogP contribution is 2.65. The Morgan fingerprint density at radius 3 is 2.11 bits per heavy atom. The van der Waals surface area contributed by atoms with Gasteiger partial charge in [-0.05, 0) is 108 Å². The van der Waals surface area contributed by atoms with Gasteiger partial charge in [0.15, 0.2) is 0 Å². The number of aromatic amines is 3. The van der Waals surface area contributed by atoms with Gasteiger partial charge in [-0.1, -0.05) is 84.9 Å². The molecule has 13 rings (SSSR count). The number of hydrogen-bond donors (Lipinski definition) is 3. The minimum Gasteiger partial charge on any atom is -0.364 e. The first-order valence-electron chi connectivity index (χ1n) is 22.0. The summed E-state index contributed by atoms with van der Waals surface area (Å²) in [4.78, 5) is 34.3. The van der Waals surface area contributed by atoms with E-state index < -0.39 is 11.3 Å². The van der Waals surface area contributed by atoms with Gasteiger partial charge in [0.25, 0.3) is 0 Å². The quantitative estimate of drug-likeness (QED) is 0.137. The Balaban J connectivity index is 1.30. The third kappa shape index (κ3) is 5.72. The number of imidazole rings is 1. The Labute approximate surface area is 373 Å². The molecule has 4 aromatic carbocycles. The number of aromatic nitrogens is 9. The van der Waals surface area contributed by atoms with Gasteiger partial charge in [-0.15, -0.1) is 0 Å². The minimum absolute atomic E-state index is 0.177. The number of nitrogens with one attached hydrogen (secondary N) is 3. The number of rotatable bonds is 7. The zero-order chi connectivity index (χ0) is 42.9. The first kappa shape index (κ1) is 37.0. The summed E-state index contributed by atoms with van der Waals surface area (Å²) in [7, 11) is 0. The van der Waals surface area contributed by atoms with Gasteiger partial charge in [0, 0.05) is 86.9 Å². The van der Waals surface area contributed by atoms with Crippen molar-refractivity contribution in [2.24, 2.45) is 0 Å². The van der Waals surface area contributed by atoms with Crippen molar-refractivity contribution in [1.82, 2.24) is 45.1 Å². The van der Waals surface area contributed by atoms with Crippen LogP contribution in [0.5, 0.6) is 0 Å². The molecule has 0 saturated heterocycles. The molecule has 9 nitrogen and oxygen atoms in total. The highest BCUT2D eigenvalue weighted by atomic mass is 15.1. The van der Waals surface area contributed by atoms with Crippen LogP contribution in [0.2, 0.25) is 0 Å². The van der Waals surface area contributed by atoms with Gasteiger partial charge in [-0.2, -0.15) is 5.10 Å². The average molecular weight is 838 g/mol. The molecule has 3 atom stereocenters. The van der Waals surface area contributed by atoms with Crippen LogP contribution in [-0.4, -0.2) is 45.1 Å². The number of benzene rings is 4. The third-order valence-corrected chi connectivity index (χ3v) is 13.4. The van der Waals surface area contributed by atoms with Crippen molar-refractivity contribution in [2.45, 2.75) is 23.7 Å². The second kappa shape index (κ2) is 14.8. The molecule has 308 valence electrons. The van der Waals surface area contributed by atoms with E-state index in [9.17, 15) is 0 Å². The van der Waals surface area contributed by atoms with E-state index in [1.54, 1.807) is 0 Å². The maximum absolute atomic E-state index is 5.64. The van der Waals surface area contributed by atoms with Gasteiger partial charge >= 0.3 is 0 Å². The molecule has 7 aromatic heterocycles. The molecule has 0 saturated carbocycles. The summed E-state index contributed by atoms with van der Waals surface area (Å²) in [6.07, 6.45) is 14.7. The summed E-state index contributed by atoms with van der Waals surface area (Å²) in [5.41, 5.74) is 13.4. The summed E-state index contributed by atoms with van der Waals surface area (Å²) in [6, 6.07) is 53.2. The number of allylic oxidation sites excluding steroid dienone is 5. The van der Waals surface area contributed by atoms with Gasteiger partial charge in [0.05, 0.1) is 39.1 Å². The highest BCUT2D eigenvalue weighted by Gasteiger charge is 2.58. The molecule has 2 aliphatic carbocycles. The molecule has 7 heterocycles. The number of hydrogen-bond acceptors (Lipinski definition) is 6. The zero-order valence-electron chi connectivity index (χ0n) is 35.0. The predicted molar refractivity (Wildman–Crippen MR) is 259 cm³/mol. The van der Waals surface area contributed by atoms with Crippen LogP contribution in [0.15, 0.2) is 194 Å². The van der Waals surface area contributed by atoms with E-state index in [4.69, 9.17) is 30.0 Å². The first-order chi connectivity index (χ1) is 32.2. The maximum atomic E-state index is 5.64. The second-order valence-corrected chi connectivity index (χ2v) is 16.9. The largest absolute Gasteiger partial charge is 0.364 e. The summed E-state index contributed by atoms with van der Waals surface area (Å²) in [5.74, 6) is 0.124. The number of para-hydroxylation sites is 3. The number of nitrogens with zero attached hydrogens (tertiary/aromatic N) is 6.